The third-order valence-corrected chi connectivity index (χ3v) is 8.48. The van der Waals surface area contributed by atoms with E-state index in [1.54, 1.807) is 24.3 Å². The highest BCUT2D eigenvalue weighted by atomic mass is 32.2. The summed E-state index contributed by atoms with van der Waals surface area (Å²) in [5.41, 5.74) is 3.86. The first kappa shape index (κ1) is 30.7. The molecule has 9 heteroatoms. The van der Waals surface area contributed by atoms with Gasteiger partial charge >= 0.3 is 0 Å². The highest BCUT2D eigenvalue weighted by molar-refractivity contribution is 7.92. The van der Waals surface area contributed by atoms with E-state index in [9.17, 15) is 18.0 Å². The number of benzene rings is 3. The van der Waals surface area contributed by atoms with Crippen molar-refractivity contribution in [3.63, 3.8) is 0 Å². The van der Waals surface area contributed by atoms with Gasteiger partial charge in [0.15, 0.2) is 0 Å². The predicted octanol–water partition coefficient (Wildman–Crippen LogP) is 4.76. The molecule has 0 heterocycles. The topological polar surface area (TPSA) is 96.0 Å². The van der Waals surface area contributed by atoms with Crippen LogP contribution in [0.2, 0.25) is 0 Å². The zero-order valence-electron chi connectivity index (χ0n) is 24.1. The SMILES string of the molecule is CCNC(=O)[C@@H](CC)N(Cc1ccc(C)cc1)C(=O)CN(c1cc(C)ccc1OC)S(=O)(=O)c1ccc(C)cc1. The molecule has 214 valence electrons. The van der Waals surface area contributed by atoms with Crippen LogP contribution in [0.25, 0.3) is 0 Å². The molecule has 1 atom stereocenters. The first-order valence-electron chi connectivity index (χ1n) is 13.4. The molecule has 1 N–H and O–H groups in total. The Kier molecular flexibility index (Phi) is 10.3. The Morgan fingerprint density at radius 1 is 0.875 bits per heavy atom. The van der Waals surface area contributed by atoms with E-state index in [2.05, 4.69) is 5.32 Å². The number of likely N-dealkylation sites (N-methyl/N-ethyl adjacent to an activating group) is 1. The van der Waals surface area contributed by atoms with Crippen LogP contribution in [0.15, 0.2) is 71.6 Å². The minimum atomic E-state index is -4.18. The van der Waals surface area contributed by atoms with Crippen LogP contribution >= 0.6 is 0 Å². The van der Waals surface area contributed by atoms with Gasteiger partial charge in [-0.05, 0) is 69.5 Å². The van der Waals surface area contributed by atoms with Gasteiger partial charge in [-0.15, -0.1) is 0 Å². The Hall–Kier alpha value is -3.85. The van der Waals surface area contributed by atoms with E-state index in [4.69, 9.17) is 4.74 Å². The minimum absolute atomic E-state index is 0.0512. The van der Waals surface area contributed by atoms with Crippen LogP contribution in [0.3, 0.4) is 0 Å². The van der Waals surface area contributed by atoms with E-state index in [-0.39, 0.29) is 23.0 Å². The molecule has 2 amide bonds. The van der Waals surface area contributed by atoms with Crippen molar-refractivity contribution >= 4 is 27.5 Å². The number of aryl methyl sites for hydroxylation is 3. The second kappa shape index (κ2) is 13.5. The normalized spacial score (nSPS) is 11.9. The molecule has 0 aliphatic rings. The third kappa shape index (κ3) is 7.21. The summed E-state index contributed by atoms with van der Waals surface area (Å²) in [7, 11) is -2.73. The molecule has 3 rings (SSSR count). The van der Waals surface area contributed by atoms with E-state index in [0.29, 0.717) is 18.7 Å². The summed E-state index contributed by atoms with van der Waals surface area (Å²) in [6, 6.07) is 18.6. The third-order valence-electron chi connectivity index (χ3n) is 6.70. The van der Waals surface area contributed by atoms with Crippen molar-refractivity contribution in [3.8, 4) is 5.75 Å². The average molecular weight is 566 g/mol. The number of carbonyl (C=O) groups excluding carboxylic acids is 2. The number of amides is 2. The summed E-state index contributed by atoms with van der Waals surface area (Å²) < 4.78 is 34.8. The van der Waals surface area contributed by atoms with E-state index in [0.717, 1.165) is 26.6 Å². The first-order valence-corrected chi connectivity index (χ1v) is 14.8. The number of nitrogens with zero attached hydrogens (tertiary/aromatic N) is 2. The fraction of sp³-hybridized carbons (Fsp3) is 0.355. The fourth-order valence-electron chi connectivity index (χ4n) is 4.45. The zero-order valence-corrected chi connectivity index (χ0v) is 24.9. The summed E-state index contributed by atoms with van der Waals surface area (Å²) in [6.07, 6.45) is 0.363. The van der Waals surface area contributed by atoms with Crippen LogP contribution in [-0.4, -0.2) is 51.4 Å². The summed E-state index contributed by atoms with van der Waals surface area (Å²) in [5.74, 6) is -0.473. The molecule has 0 aliphatic heterocycles. The maximum absolute atomic E-state index is 14.1. The van der Waals surface area contributed by atoms with Crippen molar-refractivity contribution in [2.75, 3.05) is 24.5 Å². The van der Waals surface area contributed by atoms with Crippen molar-refractivity contribution in [2.45, 2.75) is 58.5 Å². The number of nitrogens with one attached hydrogen (secondary N) is 1. The molecule has 8 nitrogen and oxygen atoms in total. The van der Waals surface area contributed by atoms with Gasteiger partial charge in [0.2, 0.25) is 11.8 Å². The Morgan fingerprint density at radius 2 is 1.45 bits per heavy atom. The van der Waals surface area contributed by atoms with E-state index >= 15 is 0 Å². The number of ether oxygens (including phenoxy) is 1. The zero-order chi connectivity index (χ0) is 29.4. The molecule has 3 aromatic carbocycles. The molecule has 0 aliphatic carbocycles. The van der Waals surface area contributed by atoms with Gasteiger partial charge in [-0.3, -0.25) is 13.9 Å². The molecule has 0 radical (unpaired) electrons. The molecule has 0 spiro atoms. The molecule has 0 unspecified atom stereocenters. The highest BCUT2D eigenvalue weighted by Gasteiger charge is 2.34. The lowest BCUT2D eigenvalue weighted by Gasteiger charge is -2.33. The maximum atomic E-state index is 14.1. The average Bonchev–Trinajstić information content (AvgIpc) is 2.92. The lowest BCUT2D eigenvalue weighted by Crippen LogP contribution is -2.52. The van der Waals surface area contributed by atoms with Gasteiger partial charge in [0, 0.05) is 13.1 Å². The van der Waals surface area contributed by atoms with Crippen LogP contribution in [0.4, 0.5) is 5.69 Å². The van der Waals surface area contributed by atoms with E-state index in [1.165, 1.54) is 24.1 Å². The Labute approximate surface area is 238 Å². The van der Waals surface area contributed by atoms with Gasteiger partial charge in [-0.2, -0.15) is 0 Å². The molecule has 0 saturated heterocycles. The summed E-state index contributed by atoms with van der Waals surface area (Å²) in [6.45, 7) is 9.38. The van der Waals surface area contributed by atoms with Crippen molar-refractivity contribution in [3.05, 3.63) is 89.0 Å². The Morgan fingerprint density at radius 3 is 2.00 bits per heavy atom. The lowest BCUT2D eigenvalue weighted by atomic mass is 10.1. The molecule has 40 heavy (non-hydrogen) atoms. The second-order valence-electron chi connectivity index (χ2n) is 9.83. The van der Waals surface area contributed by atoms with Gasteiger partial charge in [-0.1, -0.05) is 60.5 Å². The molecule has 0 fully saturated rings. The van der Waals surface area contributed by atoms with E-state index < -0.39 is 28.5 Å². The number of hydrogen-bond acceptors (Lipinski definition) is 5. The van der Waals surface area contributed by atoms with Crippen molar-refractivity contribution < 1.29 is 22.7 Å². The molecule has 0 bridgehead atoms. The standard InChI is InChI=1S/C31H39N3O5S/c1-7-27(31(36)32-8-2)33(20-25-14-9-22(3)10-15-25)30(35)21-34(28-19-24(5)13-18-29(28)39-6)40(37,38)26-16-11-23(4)12-17-26/h9-19,27H,7-8,20-21H2,1-6H3,(H,32,36)/t27-/m1/s1. The van der Waals surface area contributed by atoms with Gasteiger partial charge in [0.1, 0.15) is 18.3 Å². The van der Waals surface area contributed by atoms with Crippen molar-refractivity contribution in [1.82, 2.24) is 10.2 Å². The van der Waals surface area contributed by atoms with Crippen LogP contribution in [0.5, 0.6) is 5.75 Å². The fourth-order valence-corrected chi connectivity index (χ4v) is 5.86. The molecule has 3 aromatic rings. The number of anilines is 1. The van der Waals surface area contributed by atoms with Crippen LogP contribution in [0, 0.1) is 20.8 Å². The summed E-state index contributed by atoms with van der Waals surface area (Å²) in [5, 5.41) is 2.81. The molecular formula is C31H39N3O5S. The number of methoxy groups -OCH3 is 1. The molecule has 0 aromatic heterocycles. The van der Waals surface area contributed by atoms with Crippen molar-refractivity contribution in [2.24, 2.45) is 0 Å². The largest absolute Gasteiger partial charge is 0.495 e. The van der Waals surface area contributed by atoms with Gasteiger partial charge < -0.3 is 15.0 Å². The maximum Gasteiger partial charge on any atom is 0.264 e. The van der Waals surface area contributed by atoms with Crippen LogP contribution < -0.4 is 14.4 Å². The predicted molar refractivity (Wildman–Crippen MR) is 158 cm³/mol. The van der Waals surface area contributed by atoms with Gasteiger partial charge in [0.25, 0.3) is 10.0 Å². The quantitative estimate of drug-likeness (QED) is 0.342. The summed E-state index contributed by atoms with van der Waals surface area (Å²) in [4.78, 5) is 28.7. The first-order chi connectivity index (χ1) is 19.0. The van der Waals surface area contributed by atoms with Crippen LogP contribution in [0.1, 0.15) is 42.5 Å². The number of hydrogen-bond donors (Lipinski definition) is 1. The Balaban J connectivity index is 2.12. The molecule has 0 saturated carbocycles. The second-order valence-corrected chi connectivity index (χ2v) is 11.7. The number of carbonyl (C=O) groups is 2. The Bertz CT molecular complexity index is 1420. The smallest absolute Gasteiger partial charge is 0.264 e. The molecular weight excluding hydrogens is 526 g/mol. The number of rotatable bonds is 12. The number of sulfonamides is 1. The van der Waals surface area contributed by atoms with Gasteiger partial charge in [-0.25, -0.2) is 8.42 Å². The van der Waals surface area contributed by atoms with Gasteiger partial charge in [0.05, 0.1) is 17.7 Å². The summed E-state index contributed by atoms with van der Waals surface area (Å²) >= 11 is 0. The lowest BCUT2D eigenvalue weighted by molar-refractivity contribution is -0.140. The van der Waals surface area contributed by atoms with E-state index in [1.807, 2.05) is 65.0 Å². The van der Waals surface area contributed by atoms with Crippen molar-refractivity contribution in [1.29, 1.82) is 0 Å². The van der Waals surface area contributed by atoms with Crippen LogP contribution in [-0.2, 0) is 26.2 Å². The minimum Gasteiger partial charge on any atom is -0.495 e. The highest BCUT2D eigenvalue weighted by Crippen LogP contribution is 2.34. The monoisotopic (exact) mass is 565 g/mol.